The van der Waals surface area contributed by atoms with Gasteiger partial charge in [0.05, 0.1) is 14.2 Å². The summed E-state index contributed by atoms with van der Waals surface area (Å²) in [5.41, 5.74) is 2.31. The number of hydrogen-bond donors (Lipinski definition) is 2. The summed E-state index contributed by atoms with van der Waals surface area (Å²) < 4.78 is 10.6. The molecule has 0 spiro atoms. The van der Waals surface area contributed by atoms with Crippen LogP contribution in [0.4, 0.5) is 5.82 Å². The maximum absolute atomic E-state index is 5.36. The van der Waals surface area contributed by atoms with Gasteiger partial charge in [-0.15, -0.1) is 24.0 Å². The lowest BCUT2D eigenvalue weighted by atomic mass is 10.1. The van der Waals surface area contributed by atoms with Gasteiger partial charge in [-0.25, -0.2) is 4.98 Å². The van der Waals surface area contributed by atoms with Crippen LogP contribution >= 0.6 is 24.0 Å². The smallest absolute Gasteiger partial charge is 0.191 e. The summed E-state index contributed by atoms with van der Waals surface area (Å²) in [5.74, 6) is 3.33. The summed E-state index contributed by atoms with van der Waals surface area (Å²) in [6.45, 7) is 3.67. The Balaban J connectivity index is 0.00000320. The molecule has 0 amide bonds. The van der Waals surface area contributed by atoms with Gasteiger partial charge in [-0.2, -0.15) is 0 Å². The second kappa shape index (κ2) is 12.5. The van der Waals surface area contributed by atoms with Gasteiger partial charge in [0.1, 0.15) is 5.82 Å². The maximum atomic E-state index is 5.36. The van der Waals surface area contributed by atoms with E-state index < -0.39 is 0 Å². The third kappa shape index (κ3) is 6.65. The molecular weight excluding hydrogens is 493 g/mol. The van der Waals surface area contributed by atoms with Crippen molar-refractivity contribution in [3.05, 3.63) is 47.7 Å². The van der Waals surface area contributed by atoms with Crippen LogP contribution in [0.15, 0.2) is 41.5 Å². The molecular formula is C22H32IN5O2. The van der Waals surface area contributed by atoms with E-state index in [9.17, 15) is 0 Å². The second-order valence-electron chi connectivity index (χ2n) is 7.01. The lowest BCUT2D eigenvalue weighted by Gasteiger charge is -2.16. The number of rotatable bonds is 8. The molecule has 30 heavy (non-hydrogen) atoms. The number of aliphatic imine (C=N–C) groups is 1. The van der Waals surface area contributed by atoms with Gasteiger partial charge in [-0.3, -0.25) is 4.99 Å². The van der Waals surface area contributed by atoms with Gasteiger partial charge in [0.15, 0.2) is 17.5 Å². The average Bonchev–Trinajstić information content (AvgIpc) is 3.31. The van der Waals surface area contributed by atoms with Gasteiger partial charge >= 0.3 is 0 Å². The Morgan fingerprint density at radius 1 is 1.03 bits per heavy atom. The van der Waals surface area contributed by atoms with E-state index in [0.29, 0.717) is 6.54 Å². The maximum Gasteiger partial charge on any atom is 0.191 e. The van der Waals surface area contributed by atoms with Crippen LogP contribution in [0.5, 0.6) is 11.5 Å². The first-order chi connectivity index (χ1) is 14.2. The number of anilines is 1. The molecule has 0 bridgehead atoms. The van der Waals surface area contributed by atoms with E-state index >= 15 is 0 Å². The Bertz CT molecular complexity index is 808. The second-order valence-corrected chi connectivity index (χ2v) is 7.01. The topological polar surface area (TPSA) is 71.0 Å². The third-order valence-electron chi connectivity index (χ3n) is 5.08. The summed E-state index contributed by atoms with van der Waals surface area (Å²) in [5, 5.41) is 6.69. The zero-order valence-corrected chi connectivity index (χ0v) is 20.3. The largest absolute Gasteiger partial charge is 0.493 e. The molecule has 1 saturated heterocycles. The highest BCUT2D eigenvalue weighted by atomic mass is 127. The quantitative estimate of drug-likeness (QED) is 0.314. The Kier molecular flexibility index (Phi) is 9.99. The predicted molar refractivity (Wildman–Crippen MR) is 133 cm³/mol. The van der Waals surface area contributed by atoms with Gasteiger partial charge in [-0.1, -0.05) is 12.1 Å². The summed E-state index contributed by atoms with van der Waals surface area (Å²) in [6, 6.07) is 10.2. The minimum atomic E-state index is 0. The molecule has 7 nitrogen and oxygen atoms in total. The monoisotopic (exact) mass is 525 g/mol. The van der Waals surface area contributed by atoms with Crippen molar-refractivity contribution in [3.8, 4) is 11.5 Å². The first kappa shape index (κ1) is 24.0. The van der Waals surface area contributed by atoms with Crippen LogP contribution < -0.4 is 25.0 Å². The van der Waals surface area contributed by atoms with Gasteiger partial charge in [-0.05, 0) is 48.6 Å². The molecule has 2 heterocycles. The lowest BCUT2D eigenvalue weighted by molar-refractivity contribution is 0.354. The highest BCUT2D eigenvalue weighted by Crippen LogP contribution is 2.27. The molecule has 2 aromatic rings. The number of methoxy groups -OCH3 is 2. The van der Waals surface area contributed by atoms with Crippen LogP contribution in [-0.2, 0) is 13.0 Å². The Hall–Kier alpha value is -2.23. The molecule has 3 rings (SSSR count). The molecule has 0 atom stereocenters. The molecule has 1 fully saturated rings. The molecule has 8 heteroatoms. The summed E-state index contributed by atoms with van der Waals surface area (Å²) in [6.07, 6.45) is 5.32. The van der Waals surface area contributed by atoms with E-state index in [4.69, 9.17) is 9.47 Å². The van der Waals surface area contributed by atoms with Gasteiger partial charge in [0.2, 0.25) is 0 Å². The van der Waals surface area contributed by atoms with E-state index in [1.165, 1.54) is 18.4 Å². The molecule has 0 unspecified atom stereocenters. The summed E-state index contributed by atoms with van der Waals surface area (Å²) in [4.78, 5) is 11.2. The predicted octanol–water partition coefficient (Wildman–Crippen LogP) is 3.22. The van der Waals surface area contributed by atoms with E-state index in [1.807, 2.05) is 24.4 Å². The number of nitrogens with zero attached hydrogens (tertiary/aromatic N) is 3. The van der Waals surface area contributed by atoms with Crippen LogP contribution in [0.1, 0.15) is 24.0 Å². The van der Waals surface area contributed by atoms with Crippen molar-refractivity contribution in [2.45, 2.75) is 25.8 Å². The van der Waals surface area contributed by atoms with Crippen molar-refractivity contribution >= 4 is 35.8 Å². The number of pyridine rings is 1. The number of halogens is 1. The SMILES string of the molecule is CN=C(NCCc1ccc(OC)c(OC)c1)NCc1ccc(N2CCCC2)nc1.I. The highest BCUT2D eigenvalue weighted by Gasteiger charge is 2.13. The molecule has 0 radical (unpaired) electrons. The molecule has 164 valence electrons. The average molecular weight is 525 g/mol. The summed E-state index contributed by atoms with van der Waals surface area (Å²) in [7, 11) is 5.07. The fraction of sp³-hybridized carbons (Fsp3) is 0.455. The number of hydrogen-bond acceptors (Lipinski definition) is 5. The Morgan fingerprint density at radius 3 is 2.40 bits per heavy atom. The number of guanidine groups is 1. The standard InChI is InChI=1S/C22H31N5O2.HI/c1-23-22(24-11-10-17-6-8-19(28-2)20(14-17)29-3)26-16-18-7-9-21(25-15-18)27-12-4-5-13-27;/h6-9,14-15H,4-5,10-13,16H2,1-3H3,(H2,23,24,26);1H. The van der Waals surface area contributed by atoms with Crippen LogP contribution in [0, 0.1) is 0 Å². The Morgan fingerprint density at radius 2 is 1.77 bits per heavy atom. The summed E-state index contributed by atoms with van der Waals surface area (Å²) >= 11 is 0. The zero-order valence-electron chi connectivity index (χ0n) is 18.0. The molecule has 2 N–H and O–H groups in total. The van der Waals surface area contributed by atoms with Gasteiger partial charge < -0.3 is 25.0 Å². The first-order valence-corrected chi connectivity index (χ1v) is 10.1. The zero-order chi connectivity index (χ0) is 20.5. The minimum absolute atomic E-state index is 0. The minimum Gasteiger partial charge on any atom is -0.493 e. The fourth-order valence-corrected chi connectivity index (χ4v) is 3.42. The van der Waals surface area contributed by atoms with Crippen molar-refractivity contribution in [2.75, 3.05) is 45.8 Å². The van der Waals surface area contributed by atoms with Gasteiger partial charge in [0.25, 0.3) is 0 Å². The molecule has 1 aliphatic rings. The van der Waals surface area contributed by atoms with Crippen LogP contribution in [0.3, 0.4) is 0 Å². The number of nitrogens with one attached hydrogen (secondary N) is 2. The number of aromatic nitrogens is 1. The number of ether oxygens (including phenoxy) is 2. The molecule has 1 aromatic carbocycles. The Labute approximate surface area is 196 Å². The van der Waals surface area contributed by atoms with Crippen LogP contribution in [0.25, 0.3) is 0 Å². The van der Waals surface area contributed by atoms with E-state index in [2.05, 4.69) is 37.6 Å². The molecule has 1 aliphatic heterocycles. The van der Waals surface area contributed by atoms with E-state index in [1.54, 1.807) is 21.3 Å². The van der Waals surface area contributed by atoms with Crippen LogP contribution in [0.2, 0.25) is 0 Å². The first-order valence-electron chi connectivity index (χ1n) is 10.1. The highest BCUT2D eigenvalue weighted by molar-refractivity contribution is 14.0. The van der Waals surface area contributed by atoms with Crippen molar-refractivity contribution in [1.82, 2.24) is 15.6 Å². The van der Waals surface area contributed by atoms with Crippen molar-refractivity contribution < 1.29 is 9.47 Å². The normalized spacial score (nSPS) is 13.6. The third-order valence-corrected chi connectivity index (χ3v) is 5.08. The molecule has 0 aliphatic carbocycles. The fourth-order valence-electron chi connectivity index (χ4n) is 3.42. The molecule has 0 saturated carbocycles. The lowest BCUT2D eigenvalue weighted by Crippen LogP contribution is -2.37. The van der Waals surface area contributed by atoms with E-state index in [-0.39, 0.29) is 24.0 Å². The van der Waals surface area contributed by atoms with Gasteiger partial charge in [0, 0.05) is 39.4 Å². The van der Waals surface area contributed by atoms with E-state index in [0.717, 1.165) is 54.9 Å². The number of benzene rings is 1. The molecule has 1 aromatic heterocycles. The van der Waals surface area contributed by atoms with Crippen molar-refractivity contribution in [1.29, 1.82) is 0 Å². The van der Waals surface area contributed by atoms with Crippen LogP contribution in [-0.4, -0.2) is 51.8 Å². The van der Waals surface area contributed by atoms with Crippen molar-refractivity contribution in [2.24, 2.45) is 4.99 Å². The van der Waals surface area contributed by atoms with Crippen molar-refractivity contribution in [3.63, 3.8) is 0 Å².